The largest absolute Gasteiger partial charge is 0.507 e. The molecule has 0 spiro atoms. The molecule has 140 valence electrons. The van der Waals surface area contributed by atoms with Crippen molar-refractivity contribution in [3.63, 3.8) is 0 Å². The second kappa shape index (κ2) is 7.30. The molecular weight excluding hydrogens is 654 g/mol. The van der Waals surface area contributed by atoms with E-state index in [9.17, 15) is 19.8 Å². The number of hydrogen-bond acceptors (Lipinski definition) is 4. The Morgan fingerprint density at radius 1 is 1.04 bits per heavy atom. The first kappa shape index (κ1) is 19.6. The first-order chi connectivity index (χ1) is 13.3. The Hall–Kier alpha value is -1.66. The van der Waals surface area contributed by atoms with Crippen LogP contribution >= 0.6 is 61.1 Å². The third-order valence-corrected chi connectivity index (χ3v) is 6.99. The van der Waals surface area contributed by atoms with Crippen LogP contribution in [0.2, 0.25) is 0 Å². The molecule has 1 heterocycles. The van der Waals surface area contributed by atoms with Gasteiger partial charge in [-0.2, -0.15) is 0 Å². The molecule has 0 aromatic heterocycles. The van der Waals surface area contributed by atoms with Crippen molar-refractivity contribution in [2.45, 2.75) is 0 Å². The molecule has 8 heteroatoms. The maximum absolute atomic E-state index is 12.4. The molecule has 0 bridgehead atoms. The first-order valence-electron chi connectivity index (χ1n) is 7.90. The quantitative estimate of drug-likeness (QED) is 0.205. The fourth-order valence-corrected chi connectivity index (χ4v) is 5.21. The van der Waals surface area contributed by atoms with Gasteiger partial charge in [0.2, 0.25) is 5.43 Å². The standard InChI is InChI=1S/C20H9BrI2O5/c21-12-7-11-14(8-3-1-2-4-9(8)20(26)27)10-5-6-13(24)15(22)18(10)28-19(11)16(23)17(12)25/h1-7,24H,(H,26,27). The lowest BCUT2D eigenvalue weighted by atomic mass is 9.91. The number of benzene rings is 3. The Bertz CT molecular complexity index is 1310. The number of phenolic OH excluding ortho intramolecular Hbond substituents is 1. The number of aromatic hydroxyl groups is 1. The molecule has 28 heavy (non-hydrogen) atoms. The number of carboxylic acids is 1. The van der Waals surface area contributed by atoms with Crippen molar-refractivity contribution < 1.29 is 19.4 Å². The highest BCUT2D eigenvalue weighted by molar-refractivity contribution is 14.1. The lowest BCUT2D eigenvalue weighted by Crippen LogP contribution is -2.10. The van der Waals surface area contributed by atoms with Crippen LogP contribution in [-0.4, -0.2) is 16.2 Å². The van der Waals surface area contributed by atoms with Gasteiger partial charge in [0.15, 0.2) is 11.3 Å². The number of fused-ring (bicyclic) bond motifs is 2. The van der Waals surface area contributed by atoms with Gasteiger partial charge in [0, 0.05) is 16.5 Å². The van der Waals surface area contributed by atoms with E-state index in [4.69, 9.17) is 4.42 Å². The van der Waals surface area contributed by atoms with E-state index in [2.05, 4.69) is 15.9 Å². The normalized spacial score (nSPS) is 11.2. The summed E-state index contributed by atoms with van der Waals surface area (Å²) in [4.78, 5) is 24.3. The van der Waals surface area contributed by atoms with E-state index in [-0.39, 0.29) is 16.7 Å². The molecule has 5 nitrogen and oxygen atoms in total. The summed E-state index contributed by atoms with van der Waals surface area (Å²) >= 11 is 7.19. The van der Waals surface area contributed by atoms with Gasteiger partial charge >= 0.3 is 5.97 Å². The smallest absolute Gasteiger partial charge is 0.336 e. The molecule has 0 saturated heterocycles. The SMILES string of the molecule is O=C(O)c1ccccc1-c1c2cc(Br)c(=O)c(I)c-2oc2c(I)c(O)ccc12. The highest BCUT2D eigenvalue weighted by atomic mass is 127. The predicted octanol–water partition coefficient (Wildman–Crippen LogP) is 5.94. The third kappa shape index (κ3) is 3.01. The van der Waals surface area contributed by atoms with Crippen LogP contribution in [-0.2, 0) is 0 Å². The molecule has 1 aliphatic carbocycles. The van der Waals surface area contributed by atoms with Crippen LogP contribution in [0.3, 0.4) is 0 Å². The molecule has 0 unspecified atom stereocenters. The number of aromatic carboxylic acids is 1. The van der Waals surface area contributed by atoms with Gasteiger partial charge in [-0.15, -0.1) is 0 Å². The van der Waals surface area contributed by atoms with Crippen molar-refractivity contribution in [1.82, 2.24) is 0 Å². The maximum atomic E-state index is 12.4. The summed E-state index contributed by atoms with van der Waals surface area (Å²) in [5, 5.41) is 20.5. The molecule has 2 N–H and O–H groups in total. The third-order valence-electron chi connectivity index (χ3n) is 4.38. The maximum Gasteiger partial charge on any atom is 0.336 e. The Morgan fingerprint density at radius 2 is 1.75 bits per heavy atom. The molecule has 0 amide bonds. The minimum Gasteiger partial charge on any atom is -0.507 e. The summed E-state index contributed by atoms with van der Waals surface area (Å²) in [5.41, 5.74) is 2.05. The summed E-state index contributed by atoms with van der Waals surface area (Å²) in [6.45, 7) is 0. The summed E-state index contributed by atoms with van der Waals surface area (Å²) in [6, 6.07) is 11.6. The molecule has 0 fully saturated rings. The van der Waals surface area contributed by atoms with Gasteiger partial charge in [-0.3, -0.25) is 4.79 Å². The number of phenols is 1. The van der Waals surface area contributed by atoms with E-state index in [0.29, 0.717) is 45.0 Å². The minimum absolute atomic E-state index is 0.0446. The predicted molar refractivity (Wildman–Crippen MR) is 126 cm³/mol. The summed E-state index contributed by atoms with van der Waals surface area (Å²) < 4.78 is 7.26. The van der Waals surface area contributed by atoms with E-state index >= 15 is 0 Å². The Kier molecular flexibility index (Phi) is 5.12. The molecule has 0 radical (unpaired) electrons. The zero-order valence-corrected chi connectivity index (χ0v) is 19.7. The van der Waals surface area contributed by atoms with Crippen LogP contribution in [0.4, 0.5) is 0 Å². The van der Waals surface area contributed by atoms with E-state index < -0.39 is 5.97 Å². The Balaban J connectivity index is 2.31. The molecular formula is C20H9BrI2O5. The van der Waals surface area contributed by atoms with Gasteiger partial charge in [-0.25, -0.2) is 4.79 Å². The number of carboxylic acid groups (broad SMARTS) is 1. The van der Waals surface area contributed by atoms with Gasteiger partial charge in [0.05, 0.1) is 13.6 Å². The molecule has 0 atom stereocenters. The highest BCUT2D eigenvalue weighted by Gasteiger charge is 2.26. The second-order valence-corrected chi connectivity index (χ2v) is 8.99. The highest BCUT2D eigenvalue weighted by Crippen LogP contribution is 2.45. The Morgan fingerprint density at radius 3 is 2.46 bits per heavy atom. The van der Waals surface area contributed by atoms with Gasteiger partial charge in [0.25, 0.3) is 0 Å². The van der Waals surface area contributed by atoms with Crippen LogP contribution in [0.15, 0.2) is 56.1 Å². The average molecular weight is 663 g/mol. The minimum atomic E-state index is -1.06. The number of rotatable bonds is 2. The summed E-state index contributed by atoms with van der Waals surface area (Å²) in [6.07, 6.45) is 0. The van der Waals surface area contributed by atoms with Crippen LogP contribution < -0.4 is 5.43 Å². The van der Waals surface area contributed by atoms with Crippen molar-refractivity contribution in [1.29, 1.82) is 0 Å². The van der Waals surface area contributed by atoms with Crippen molar-refractivity contribution in [2.75, 3.05) is 0 Å². The van der Waals surface area contributed by atoms with E-state index in [0.717, 1.165) is 0 Å². The lowest BCUT2D eigenvalue weighted by molar-refractivity contribution is 0.0697. The number of halogens is 3. The Labute approximate surface area is 194 Å². The van der Waals surface area contributed by atoms with Crippen molar-refractivity contribution >= 4 is 78.1 Å². The van der Waals surface area contributed by atoms with E-state index in [1.807, 2.05) is 45.2 Å². The monoisotopic (exact) mass is 662 g/mol. The summed E-state index contributed by atoms with van der Waals surface area (Å²) in [5.74, 6) is -0.663. The molecule has 1 aliphatic heterocycles. The topological polar surface area (TPSA) is 87.7 Å². The fourth-order valence-electron chi connectivity index (χ4n) is 3.14. The van der Waals surface area contributed by atoms with Crippen LogP contribution in [0.25, 0.3) is 33.4 Å². The second-order valence-electron chi connectivity index (χ2n) is 5.98. The van der Waals surface area contributed by atoms with Gasteiger partial charge in [-0.1, -0.05) is 18.2 Å². The zero-order valence-electron chi connectivity index (χ0n) is 13.8. The first-order valence-corrected chi connectivity index (χ1v) is 10.8. The van der Waals surface area contributed by atoms with Crippen LogP contribution in [0, 0.1) is 7.14 Å². The average Bonchev–Trinajstić information content (AvgIpc) is 2.68. The van der Waals surface area contributed by atoms with Gasteiger partial charge in [-0.05, 0) is 90.9 Å². The fraction of sp³-hybridized carbons (Fsp3) is 0. The van der Waals surface area contributed by atoms with E-state index in [1.54, 1.807) is 36.4 Å². The van der Waals surface area contributed by atoms with Crippen LogP contribution in [0.1, 0.15) is 10.4 Å². The van der Waals surface area contributed by atoms with E-state index in [1.165, 1.54) is 6.07 Å². The molecule has 2 aromatic carbocycles. The lowest BCUT2D eigenvalue weighted by Gasteiger charge is -2.18. The molecule has 2 aliphatic rings. The van der Waals surface area contributed by atoms with Gasteiger partial charge < -0.3 is 14.6 Å². The molecule has 2 aromatic rings. The number of hydrogen-bond donors (Lipinski definition) is 2. The molecule has 0 saturated carbocycles. The van der Waals surface area contributed by atoms with Crippen molar-refractivity contribution in [3.8, 4) is 28.2 Å². The van der Waals surface area contributed by atoms with Gasteiger partial charge in [0.1, 0.15) is 9.32 Å². The summed E-state index contributed by atoms with van der Waals surface area (Å²) in [7, 11) is 0. The molecule has 4 rings (SSSR count). The zero-order chi connectivity index (χ0) is 20.2. The number of carbonyl (C=O) groups is 1. The van der Waals surface area contributed by atoms with Crippen molar-refractivity contribution in [3.05, 3.63) is 69.9 Å². The van der Waals surface area contributed by atoms with Crippen molar-refractivity contribution in [2.24, 2.45) is 0 Å². The van der Waals surface area contributed by atoms with Crippen LogP contribution in [0.5, 0.6) is 5.75 Å².